The molecule has 0 radical (unpaired) electrons. The fourth-order valence-electron chi connectivity index (χ4n) is 7.56. The maximum Gasteiger partial charge on any atom is 0.326 e. The molecule has 1 rings (SSSR count). The van der Waals surface area contributed by atoms with E-state index >= 15 is 0 Å². The molecule has 1 aromatic carbocycles. The first-order valence-corrected chi connectivity index (χ1v) is 25.6. The summed E-state index contributed by atoms with van der Waals surface area (Å²) in [5.41, 5.74) is 6.72. The quantitative estimate of drug-likeness (QED) is 0.0516. The van der Waals surface area contributed by atoms with Crippen molar-refractivity contribution in [3.8, 4) is 0 Å². The van der Waals surface area contributed by atoms with E-state index in [9.17, 15) is 48.3 Å². The second kappa shape index (κ2) is 31.0. The lowest BCUT2D eigenvalue weighted by atomic mass is 9.93. The average molecular weight is 1000 g/mol. The van der Waals surface area contributed by atoms with Gasteiger partial charge >= 0.3 is 5.97 Å². The van der Waals surface area contributed by atoms with Crippen molar-refractivity contribution in [1.29, 1.82) is 0 Å². The highest BCUT2D eigenvalue weighted by Crippen LogP contribution is 2.17. The number of hydrogen-bond acceptors (Lipinski definition) is 10. The second-order valence-corrected chi connectivity index (χ2v) is 20.5. The first-order valence-electron chi connectivity index (χ1n) is 25.6. The SMILES string of the molecule is CC[C@H](C)[C@H](NC(=O)[C@H](C)NC(=O)[C@@H](NC(=O)[C@@H](NC(=O)[C@@H](N)C(C)C)C(C)C)[C@@H](C)CC)C(=O)N[C@@H](Cc1ccccc1)C(=O)N[C@H](C(=O)N[C@H](C(=O)N[C@@H](CC(C)C)C(=O)O)[C@@H](C)CC)[C@@H](C)CC. The fourth-order valence-corrected chi connectivity index (χ4v) is 7.56. The molecule has 19 nitrogen and oxygen atoms in total. The summed E-state index contributed by atoms with van der Waals surface area (Å²) in [6, 6.07) is -1.15. The number of carbonyl (C=O) groups excluding carboxylic acids is 8. The van der Waals surface area contributed by atoms with Crippen molar-refractivity contribution in [3.05, 3.63) is 35.9 Å². The highest BCUT2D eigenvalue weighted by molar-refractivity contribution is 5.98. The van der Waals surface area contributed by atoms with Crippen LogP contribution in [0.1, 0.15) is 142 Å². The topological polar surface area (TPSA) is 296 Å². The predicted octanol–water partition coefficient (Wildman–Crippen LogP) is 3.08. The van der Waals surface area contributed by atoms with Crippen molar-refractivity contribution in [2.24, 2.45) is 47.2 Å². The number of hydrogen-bond donors (Lipinski definition) is 10. The maximum atomic E-state index is 14.4. The third-order valence-electron chi connectivity index (χ3n) is 13.4. The summed E-state index contributed by atoms with van der Waals surface area (Å²) in [4.78, 5) is 123. The molecule has 0 heterocycles. The summed E-state index contributed by atoms with van der Waals surface area (Å²) >= 11 is 0. The summed E-state index contributed by atoms with van der Waals surface area (Å²) in [6.45, 7) is 26.6. The highest BCUT2D eigenvalue weighted by Gasteiger charge is 2.38. The van der Waals surface area contributed by atoms with Crippen LogP contribution in [0.2, 0.25) is 0 Å². The van der Waals surface area contributed by atoms with Gasteiger partial charge in [0.15, 0.2) is 0 Å². The molecular weight excluding hydrogens is 911 g/mol. The van der Waals surface area contributed by atoms with Crippen LogP contribution in [0.5, 0.6) is 0 Å². The Hall–Kier alpha value is -5.59. The van der Waals surface area contributed by atoms with E-state index < -0.39 is 125 Å². The number of rotatable bonds is 31. The lowest BCUT2D eigenvalue weighted by molar-refractivity contribution is -0.143. The van der Waals surface area contributed by atoms with Gasteiger partial charge in [0.25, 0.3) is 0 Å². The molecule has 19 heteroatoms. The zero-order chi connectivity index (χ0) is 54.4. The van der Waals surface area contributed by atoms with Gasteiger partial charge in [-0.2, -0.15) is 0 Å². The van der Waals surface area contributed by atoms with Gasteiger partial charge in [0, 0.05) is 6.42 Å². The average Bonchev–Trinajstić information content (AvgIpc) is 3.32. The first-order chi connectivity index (χ1) is 33.1. The summed E-state index contributed by atoms with van der Waals surface area (Å²) in [5, 5.41) is 31.7. The Bertz CT molecular complexity index is 1910. The van der Waals surface area contributed by atoms with Crippen LogP contribution in [0.4, 0.5) is 0 Å². The van der Waals surface area contributed by atoms with E-state index in [1.54, 1.807) is 85.7 Å². The third-order valence-corrected chi connectivity index (χ3v) is 13.4. The molecule has 0 unspecified atom stereocenters. The van der Waals surface area contributed by atoms with Crippen molar-refractivity contribution in [2.45, 2.75) is 197 Å². The summed E-state index contributed by atoms with van der Waals surface area (Å²) in [5.74, 6) is -8.67. The molecule has 402 valence electrons. The van der Waals surface area contributed by atoms with Gasteiger partial charge < -0.3 is 53.4 Å². The number of nitrogens with one attached hydrogen (secondary N) is 8. The minimum Gasteiger partial charge on any atom is -0.480 e. The molecule has 0 aliphatic heterocycles. The number of carboxylic acid groups (broad SMARTS) is 1. The van der Waals surface area contributed by atoms with Crippen molar-refractivity contribution in [3.63, 3.8) is 0 Å². The van der Waals surface area contributed by atoms with Gasteiger partial charge in [0.05, 0.1) is 6.04 Å². The van der Waals surface area contributed by atoms with Gasteiger partial charge in [-0.1, -0.05) is 153 Å². The van der Waals surface area contributed by atoms with Gasteiger partial charge in [-0.05, 0) is 60.3 Å². The van der Waals surface area contributed by atoms with E-state index in [0.29, 0.717) is 31.2 Å². The molecule has 0 saturated carbocycles. The van der Waals surface area contributed by atoms with Crippen molar-refractivity contribution < 1.29 is 48.3 Å². The van der Waals surface area contributed by atoms with Crippen LogP contribution < -0.4 is 48.3 Å². The van der Waals surface area contributed by atoms with Crippen molar-refractivity contribution in [1.82, 2.24) is 42.5 Å². The van der Waals surface area contributed by atoms with Crippen molar-refractivity contribution >= 4 is 53.2 Å². The van der Waals surface area contributed by atoms with Gasteiger partial charge in [0.2, 0.25) is 47.3 Å². The number of amides is 8. The van der Waals surface area contributed by atoms with Crippen LogP contribution in [0.15, 0.2) is 30.3 Å². The molecule has 13 atom stereocenters. The molecule has 0 saturated heterocycles. The zero-order valence-corrected chi connectivity index (χ0v) is 45.1. The monoisotopic (exact) mass is 1000 g/mol. The third kappa shape index (κ3) is 20.6. The molecule has 0 aliphatic carbocycles. The number of nitrogens with two attached hydrogens (primary N) is 1. The van der Waals surface area contributed by atoms with Crippen molar-refractivity contribution in [2.75, 3.05) is 0 Å². The van der Waals surface area contributed by atoms with Gasteiger partial charge in [0.1, 0.15) is 48.3 Å². The Kier molecular flexibility index (Phi) is 27.7. The van der Waals surface area contributed by atoms with Crippen LogP contribution in [-0.2, 0) is 49.6 Å². The zero-order valence-electron chi connectivity index (χ0n) is 45.1. The molecular formula is C52H89N9O10. The van der Waals surface area contributed by atoms with E-state index in [2.05, 4.69) is 42.5 Å². The van der Waals surface area contributed by atoms with Crippen LogP contribution in [0.3, 0.4) is 0 Å². The van der Waals surface area contributed by atoms with Gasteiger partial charge in [-0.15, -0.1) is 0 Å². The fraction of sp³-hybridized carbons (Fsp3) is 0.712. The van der Waals surface area contributed by atoms with Gasteiger partial charge in [-0.3, -0.25) is 38.4 Å². The molecule has 0 bridgehead atoms. The Morgan fingerprint density at radius 2 is 0.789 bits per heavy atom. The Labute approximate surface area is 422 Å². The number of benzene rings is 1. The Morgan fingerprint density at radius 3 is 1.17 bits per heavy atom. The highest BCUT2D eigenvalue weighted by atomic mass is 16.4. The summed E-state index contributed by atoms with van der Waals surface area (Å²) in [7, 11) is 0. The standard InChI is InChI=1S/C52H89N9O10/c1-16-30(11)40(60-47(65)39(29(9)10)57-46(64)38(53)28(7)8)48(66)54-34(15)44(62)58-41(31(12)17-2)49(67)55-36(26-35-23-21-20-22-24-35)45(63)59-43(33(14)19-4)51(69)61-42(32(13)18-3)50(68)56-37(52(70)71)25-27(5)6/h20-24,27-34,36-43H,16-19,25-26,53H2,1-15H3,(H,54,66)(H,55,67)(H,56,68)(H,57,64)(H,58,62)(H,59,63)(H,60,65)(H,61,69)(H,70,71)/t30-,31-,32-,33-,34-,36-,37-,38-,39-,40-,41-,42-,43-/m0/s1. The minimum absolute atomic E-state index is 0.000182. The first kappa shape index (κ1) is 63.4. The van der Waals surface area contributed by atoms with E-state index in [1.165, 1.54) is 6.92 Å². The molecule has 71 heavy (non-hydrogen) atoms. The number of carboxylic acids is 1. The largest absolute Gasteiger partial charge is 0.480 e. The predicted molar refractivity (Wildman–Crippen MR) is 274 cm³/mol. The Morgan fingerprint density at radius 1 is 0.437 bits per heavy atom. The lowest BCUT2D eigenvalue weighted by Gasteiger charge is -2.31. The second-order valence-electron chi connectivity index (χ2n) is 20.5. The summed E-state index contributed by atoms with van der Waals surface area (Å²) in [6.07, 6.45) is 2.00. The van der Waals surface area contributed by atoms with Crippen LogP contribution in [0.25, 0.3) is 0 Å². The molecule has 0 fully saturated rings. The smallest absolute Gasteiger partial charge is 0.326 e. The van der Waals surface area contributed by atoms with Crippen LogP contribution in [-0.4, -0.2) is 113 Å². The molecule has 11 N–H and O–H groups in total. The summed E-state index contributed by atoms with van der Waals surface area (Å²) < 4.78 is 0. The van der Waals surface area contributed by atoms with Crippen LogP contribution in [0, 0.1) is 41.4 Å². The van der Waals surface area contributed by atoms with E-state index in [4.69, 9.17) is 5.73 Å². The van der Waals surface area contributed by atoms with Crippen LogP contribution >= 0.6 is 0 Å². The molecule has 8 amide bonds. The van der Waals surface area contributed by atoms with E-state index in [-0.39, 0.29) is 36.5 Å². The number of carbonyl (C=O) groups is 9. The molecule has 0 spiro atoms. The molecule has 0 aliphatic rings. The normalized spacial score (nSPS) is 17.0. The lowest BCUT2D eigenvalue weighted by Crippen LogP contribution is -2.62. The van der Waals surface area contributed by atoms with E-state index in [0.717, 1.165) is 0 Å². The number of aliphatic carboxylic acids is 1. The molecule has 0 aromatic heterocycles. The Balaban J connectivity index is 3.46. The maximum absolute atomic E-state index is 14.4. The minimum atomic E-state index is -1.26. The van der Waals surface area contributed by atoms with Gasteiger partial charge in [-0.25, -0.2) is 4.79 Å². The van der Waals surface area contributed by atoms with E-state index in [1.807, 2.05) is 41.5 Å². The molecule has 1 aromatic rings.